The standard InChI is InChI=1S/C12H21N3/c13-5-1-2-6-14-7-9-15(10-8-14)11-12-3-4-12/h12H,1-4,6-11H2. The Morgan fingerprint density at radius 2 is 1.73 bits per heavy atom. The van der Waals surface area contributed by atoms with Gasteiger partial charge in [-0.15, -0.1) is 0 Å². The maximum atomic E-state index is 8.47. The van der Waals surface area contributed by atoms with Crippen molar-refractivity contribution in [3.63, 3.8) is 0 Å². The van der Waals surface area contributed by atoms with Crippen LogP contribution in [0.4, 0.5) is 0 Å². The van der Waals surface area contributed by atoms with Crippen molar-refractivity contribution in [2.45, 2.75) is 25.7 Å². The topological polar surface area (TPSA) is 30.3 Å². The van der Waals surface area contributed by atoms with Crippen molar-refractivity contribution in [3.8, 4) is 6.07 Å². The number of piperazine rings is 1. The molecule has 0 radical (unpaired) electrons. The third kappa shape index (κ3) is 3.81. The SMILES string of the molecule is N#CCCCN1CCN(CC2CC2)CC1. The Morgan fingerprint density at radius 1 is 1.07 bits per heavy atom. The third-order valence-corrected chi connectivity index (χ3v) is 3.44. The van der Waals surface area contributed by atoms with E-state index in [1.807, 2.05) is 0 Å². The number of hydrogen-bond donors (Lipinski definition) is 0. The first-order valence-corrected chi connectivity index (χ1v) is 6.20. The average Bonchev–Trinajstić information content (AvgIpc) is 3.05. The zero-order valence-corrected chi connectivity index (χ0v) is 9.49. The highest BCUT2D eigenvalue weighted by Crippen LogP contribution is 2.29. The van der Waals surface area contributed by atoms with Crippen LogP contribution in [-0.4, -0.2) is 49.1 Å². The number of nitrogens with zero attached hydrogens (tertiary/aromatic N) is 3. The van der Waals surface area contributed by atoms with Gasteiger partial charge in [-0.1, -0.05) is 0 Å². The van der Waals surface area contributed by atoms with E-state index >= 15 is 0 Å². The van der Waals surface area contributed by atoms with E-state index in [0.29, 0.717) is 6.42 Å². The van der Waals surface area contributed by atoms with Crippen LogP contribution >= 0.6 is 0 Å². The van der Waals surface area contributed by atoms with Crippen LogP contribution in [0.5, 0.6) is 0 Å². The normalized spacial score (nSPS) is 23.9. The molecule has 15 heavy (non-hydrogen) atoms. The molecule has 0 bridgehead atoms. The quantitative estimate of drug-likeness (QED) is 0.637. The summed E-state index contributed by atoms with van der Waals surface area (Å²) in [7, 11) is 0. The van der Waals surface area contributed by atoms with E-state index in [0.717, 1.165) is 18.9 Å². The second-order valence-electron chi connectivity index (χ2n) is 4.85. The molecule has 0 spiro atoms. The van der Waals surface area contributed by atoms with E-state index in [2.05, 4.69) is 15.9 Å². The van der Waals surface area contributed by atoms with E-state index < -0.39 is 0 Å². The molecule has 0 aromatic rings. The Labute approximate surface area is 92.7 Å². The molecule has 0 atom stereocenters. The first kappa shape index (κ1) is 10.9. The van der Waals surface area contributed by atoms with Crippen LogP contribution in [0, 0.1) is 17.2 Å². The fourth-order valence-electron chi connectivity index (χ4n) is 2.24. The molecule has 0 amide bonds. The maximum Gasteiger partial charge on any atom is 0.0622 e. The molecule has 1 saturated carbocycles. The molecule has 2 aliphatic rings. The van der Waals surface area contributed by atoms with Gasteiger partial charge in [0.15, 0.2) is 0 Å². The lowest BCUT2D eigenvalue weighted by atomic mass is 10.2. The van der Waals surface area contributed by atoms with Gasteiger partial charge in [0.1, 0.15) is 0 Å². The van der Waals surface area contributed by atoms with Crippen LogP contribution in [0.15, 0.2) is 0 Å². The van der Waals surface area contributed by atoms with Gasteiger partial charge in [-0.2, -0.15) is 5.26 Å². The van der Waals surface area contributed by atoms with Crippen LogP contribution in [0.3, 0.4) is 0 Å². The highest BCUT2D eigenvalue weighted by atomic mass is 15.3. The van der Waals surface area contributed by atoms with Gasteiger partial charge in [0.2, 0.25) is 0 Å². The zero-order chi connectivity index (χ0) is 10.5. The molecular formula is C12H21N3. The molecule has 2 rings (SSSR count). The smallest absolute Gasteiger partial charge is 0.0622 e. The number of rotatable bonds is 5. The Morgan fingerprint density at radius 3 is 2.33 bits per heavy atom. The molecule has 84 valence electrons. The molecule has 2 fully saturated rings. The van der Waals surface area contributed by atoms with Gasteiger partial charge in [0, 0.05) is 39.1 Å². The van der Waals surface area contributed by atoms with E-state index in [1.54, 1.807) is 0 Å². The minimum Gasteiger partial charge on any atom is -0.301 e. The van der Waals surface area contributed by atoms with Crippen molar-refractivity contribution in [2.75, 3.05) is 39.3 Å². The molecule has 1 aliphatic heterocycles. The molecule has 3 nitrogen and oxygen atoms in total. The van der Waals surface area contributed by atoms with E-state index in [-0.39, 0.29) is 0 Å². The third-order valence-electron chi connectivity index (χ3n) is 3.44. The molecular weight excluding hydrogens is 186 g/mol. The van der Waals surface area contributed by atoms with Crippen molar-refractivity contribution < 1.29 is 0 Å². The van der Waals surface area contributed by atoms with Crippen LogP contribution in [0.1, 0.15) is 25.7 Å². The molecule has 3 heteroatoms. The Bertz CT molecular complexity index is 222. The van der Waals surface area contributed by atoms with Crippen LogP contribution in [0.25, 0.3) is 0 Å². The van der Waals surface area contributed by atoms with E-state index in [1.165, 1.54) is 45.6 Å². The van der Waals surface area contributed by atoms with Gasteiger partial charge in [0.25, 0.3) is 0 Å². The van der Waals surface area contributed by atoms with Crippen LogP contribution in [-0.2, 0) is 0 Å². The minimum absolute atomic E-state index is 0.711. The van der Waals surface area contributed by atoms with Crippen LogP contribution in [0.2, 0.25) is 0 Å². The minimum atomic E-state index is 0.711. The summed E-state index contributed by atoms with van der Waals surface area (Å²) in [5.74, 6) is 1.02. The van der Waals surface area contributed by atoms with E-state index in [4.69, 9.17) is 5.26 Å². The molecule has 0 aromatic heterocycles. The second-order valence-corrected chi connectivity index (χ2v) is 4.85. The summed E-state index contributed by atoms with van der Waals surface area (Å²) in [4.78, 5) is 5.11. The number of hydrogen-bond acceptors (Lipinski definition) is 3. The summed E-state index contributed by atoms with van der Waals surface area (Å²) >= 11 is 0. The molecule has 0 unspecified atom stereocenters. The van der Waals surface area contributed by atoms with Gasteiger partial charge in [-0.25, -0.2) is 0 Å². The zero-order valence-electron chi connectivity index (χ0n) is 9.49. The first-order valence-electron chi connectivity index (χ1n) is 6.20. The predicted molar refractivity (Wildman–Crippen MR) is 60.5 cm³/mol. The van der Waals surface area contributed by atoms with Crippen LogP contribution < -0.4 is 0 Å². The lowest BCUT2D eigenvalue weighted by Gasteiger charge is -2.34. The second kappa shape index (κ2) is 5.48. The van der Waals surface area contributed by atoms with E-state index in [9.17, 15) is 0 Å². The van der Waals surface area contributed by atoms with Crippen molar-refractivity contribution in [3.05, 3.63) is 0 Å². The Kier molecular flexibility index (Phi) is 3.99. The monoisotopic (exact) mass is 207 g/mol. The fourth-order valence-corrected chi connectivity index (χ4v) is 2.24. The van der Waals surface area contributed by atoms with Gasteiger partial charge in [0.05, 0.1) is 6.07 Å². The molecule has 1 aliphatic carbocycles. The lowest BCUT2D eigenvalue weighted by molar-refractivity contribution is 0.128. The molecule has 0 aromatic carbocycles. The predicted octanol–water partition coefficient (Wildman–Crippen LogP) is 1.32. The average molecular weight is 207 g/mol. The van der Waals surface area contributed by atoms with Gasteiger partial charge < -0.3 is 9.80 Å². The summed E-state index contributed by atoms with van der Waals surface area (Å²) in [5.41, 5.74) is 0. The summed E-state index contributed by atoms with van der Waals surface area (Å²) in [6.07, 6.45) is 4.67. The largest absolute Gasteiger partial charge is 0.301 e. The Balaban J connectivity index is 1.57. The summed E-state index contributed by atoms with van der Waals surface area (Å²) in [6, 6.07) is 2.21. The summed E-state index contributed by atoms with van der Waals surface area (Å²) in [6.45, 7) is 7.35. The summed E-state index contributed by atoms with van der Waals surface area (Å²) < 4.78 is 0. The fraction of sp³-hybridized carbons (Fsp3) is 0.917. The lowest BCUT2D eigenvalue weighted by Crippen LogP contribution is -2.47. The Hall–Kier alpha value is -0.590. The van der Waals surface area contributed by atoms with Gasteiger partial charge >= 0.3 is 0 Å². The number of unbranched alkanes of at least 4 members (excludes halogenated alkanes) is 1. The number of nitriles is 1. The van der Waals surface area contributed by atoms with Crippen molar-refractivity contribution >= 4 is 0 Å². The van der Waals surface area contributed by atoms with Crippen molar-refractivity contribution in [1.29, 1.82) is 5.26 Å². The van der Waals surface area contributed by atoms with Gasteiger partial charge in [-0.3, -0.25) is 0 Å². The van der Waals surface area contributed by atoms with Crippen molar-refractivity contribution in [2.24, 2.45) is 5.92 Å². The highest BCUT2D eigenvalue weighted by Gasteiger charge is 2.26. The highest BCUT2D eigenvalue weighted by molar-refractivity contribution is 4.81. The van der Waals surface area contributed by atoms with Crippen molar-refractivity contribution in [1.82, 2.24) is 9.80 Å². The van der Waals surface area contributed by atoms with Gasteiger partial charge in [-0.05, 0) is 31.7 Å². The molecule has 1 saturated heterocycles. The first-order chi connectivity index (χ1) is 7.38. The molecule has 1 heterocycles. The summed E-state index contributed by atoms with van der Waals surface area (Å²) in [5, 5.41) is 8.47. The maximum absolute atomic E-state index is 8.47. The molecule has 0 N–H and O–H groups in total.